The van der Waals surface area contributed by atoms with Crippen LogP contribution in [0.3, 0.4) is 0 Å². The maximum atomic E-state index is 12.3. The Balaban J connectivity index is 1.65. The lowest BCUT2D eigenvalue weighted by atomic mass is 10.0. The molecular weight excluding hydrogens is 338 g/mol. The van der Waals surface area contributed by atoms with Crippen LogP contribution in [0.1, 0.15) is 11.1 Å². The highest BCUT2D eigenvalue weighted by molar-refractivity contribution is 8.00. The average Bonchev–Trinajstić information content (AvgIpc) is 3.04. The van der Waals surface area contributed by atoms with Crippen molar-refractivity contribution < 1.29 is 8.49 Å². The summed E-state index contributed by atoms with van der Waals surface area (Å²) in [5, 5.41) is 6.54. The van der Waals surface area contributed by atoms with Gasteiger partial charge in [-0.25, -0.2) is 4.21 Å². The van der Waals surface area contributed by atoms with E-state index in [4.69, 9.17) is 4.28 Å². The second kappa shape index (κ2) is 6.42. The summed E-state index contributed by atoms with van der Waals surface area (Å²) >= 11 is 0.136. The highest BCUT2D eigenvalue weighted by Gasteiger charge is 2.22. The van der Waals surface area contributed by atoms with Gasteiger partial charge in [-0.3, -0.25) is 4.28 Å². The molecule has 3 nitrogen and oxygen atoms in total. The number of rotatable bonds is 3. The number of nitrogens with zero attached hydrogens (tertiary/aromatic N) is 1. The molecule has 4 rings (SSSR count). The summed E-state index contributed by atoms with van der Waals surface area (Å²) in [6.45, 7) is 1.99. The fourth-order valence-electron chi connectivity index (χ4n) is 2.73. The van der Waals surface area contributed by atoms with Gasteiger partial charge in [0.2, 0.25) is 0 Å². The van der Waals surface area contributed by atoms with Crippen LogP contribution in [0.2, 0.25) is 0 Å². The van der Waals surface area contributed by atoms with Crippen molar-refractivity contribution in [1.82, 2.24) is 0 Å². The van der Waals surface area contributed by atoms with Crippen molar-refractivity contribution in [3.8, 4) is 0 Å². The lowest BCUT2D eigenvalue weighted by Crippen LogP contribution is -2.03. The number of fused-ring (bicyclic) bond motifs is 3. The predicted molar refractivity (Wildman–Crippen MR) is 99.9 cm³/mol. The van der Waals surface area contributed by atoms with Crippen molar-refractivity contribution in [2.45, 2.75) is 16.7 Å². The molecule has 0 aliphatic carbocycles. The number of oxime groups is 1. The van der Waals surface area contributed by atoms with E-state index < -0.39 is 11.1 Å². The molecule has 1 atom stereocenters. The standard InChI is InChI=1S/C19H15NO2S2/c1-13-6-9-15(10-7-13)24(21)22-20-17-12-23-18-11-8-14-4-2-3-5-16(14)19(17)18/h2-11H,12H2,1H3/b20-17+. The average molecular weight is 353 g/mol. The Morgan fingerprint density at radius 2 is 1.83 bits per heavy atom. The van der Waals surface area contributed by atoms with Crippen LogP contribution in [0.5, 0.6) is 0 Å². The topological polar surface area (TPSA) is 38.7 Å². The van der Waals surface area contributed by atoms with Crippen LogP contribution in [-0.2, 0) is 15.4 Å². The van der Waals surface area contributed by atoms with E-state index >= 15 is 0 Å². The van der Waals surface area contributed by atoms with Crippen molar-refractivity contribution >= 4 is 39.3 Å². The first-order valence-electron chi connectivity index (χ1n) is 7.60. The second-order valence-corrected chi connectivity index (χ2v) is 7.72. The smallest absolute Gasteiger partial charge is 0.265 e. The molecule has 120 valence electrons. The van der Waals surface area contributed by atoms with E-state index in [1.165, 1.54) is 10.3 Å². The van der Waals surface area contributed by atoms with E-state index in [1.54, 1.807) is 23.9 Å². The molecule has 5 heteroatoms. The van der Waals surface area contributed by atoms with Gasteiger partial charge in [0.25, 0.3) is 11.1 Å². The van der Waals surface area contributed by atoms with Gasteiger partial charge < -0.3 is 0 Å². The summed E-state index contributed by atoms with van der Waals surface area (Å²) in [6, 6.07) is 19.9. The third-order valence-corrected chi connectivity index (χ3v) is 5.91. The Labute approximate surface area is 147 Å². The summed E-state index contributed by atoms with van der Waals surface area (Å²) in [5.41, 5.74) is 3.06. The van der Waals surface area contributed by atoms with Gasteiger partial charge in [0.15, 0.2) is 0 Å². The van der Waals surface area contributed by atoms with Gasteiger partial charge in [-0.15, -0.1) is 11.8 Å². The third-order valence-electron chi connectivity index (χ3n) is 3.97. The zero-order valence-corrected chi connectivity index (χ0v) is 14.7. The Hall–Kier alpha value is -2.11. The number of hydrogen-bond donors (Lipinski definition) is 0. The largest absolute Gasteiger partial charge is 0.287 e. The quantitative estimate of drug-likeness (QED) is 0.641. The normalized spacial score (nSPS) is 16.3. The van der Waals surface area contributed by atoms with Crippen LogP contribution in [0.15, 0.2) is 75.6 Å². The zero-order chi connectivity index (χ0) is 16.5. The molecule has 24 heavy (non-hydrogen) atoms. The van der Waals surface area contributed by atoms with Crippen molar-refractivity contribution in [3.05, 3.63) is 71.8 Å². The molecule has 0 saturated heterocycles. The number of thioether (sulfide) groups is 1. The van der Waals surface area contributed by atoms with Crippen molar-refractivity contribution in [1.29, 1.82) is 0 Å². The molecular formula is C19H15NO2S2. The zero-order valence-electron chi connectivity index (χ0n) is 13.1. The van der Waals surface area contributed by atoms with Crippen LogP contribution < -0.4 is 0 Å². The van der Waals surface area contributed by atoms with Crippen LogP contribution in [-0.4, -0.2) is 15.7 Å². The summed E-state index contributed by atoms with van der Waals surface area (Å²) < 4.78 is 17.6. The van der Waals surface area contributed by atoms with Crippen LogP contribution >= 0.6 is 11.8 Å². The maximum Gasteiger partial charge on any atom is 0.265 e. The number of aryl methyl sites for hydroxylation is 1. The highest BCUT2D eigenvalue weighted by Crippen LogP contribution is 2.36. The lowest BCUT2D eigenvalue weighted by molar-refractivity contribution is 0.374. The Kier molecular flexibility index (Phi) is 4.12. The van der Waals surface area contributed by atoms with Gasteiger partial charge in [0.1, 0.15) is 5.71 Å². The molecule has 0 radical (unpaired) electrons. The first-order valence-corrected chi connectivity index (χ1v) is 9.66. The molecule has 0 fully saturated rings. The Morgan fingerprint density at radius 3 is 2.67 bits per heavy atom. The minimum atomic E-state index is -1.59. The number of benzene rings is 3. The summed E-state index contributed by atoms with van der Waals surface area (Å²) in [7, 11) is 0. The fraction of sp³-hybridized carbons (Fsp3) is 0.105. The Bertz CT molecular complexity index is 965. The molecule has 0 aromatic heterocycles. The molecule has 1 unspecified atom stereocenters. The summed E-state index contributed by atoms with van der Waals surface area (Å²) in [5.74, 6) is 0.731. The molecule has 0 amide bonds. The van der Waals surface area contributed by atoms with Crippen LogP contribution in [0.25, 0.3) is 10.8 Å². The van der Waals surface area contributed by atoms with Gasteiger partial charge >= 0.3 is 0 Å². The summed E-state index contributed by atoms with van der Waals surface area (Å²) in [6.07, 6.45) is 0. The van der Waals surface area contributed by atoms with E-state index in [-0.39, 0.29) is 0 Å². The minimum Gasteiger partial charge on any atom is -0.287 e. The first kappa shape index (κ1) is 15.4. The molecule has 1 heterocycles. The summed E-state index contributed by atoms with van der Waals surface area (Å²) in [4.78, 5) is 1.81. The van der Waals surface area contributed by atoms with Crippen molar-refractivity contribution in [3.63, 3.8) is 0 Å². The van der Waals surface area contributed by atoms with Gasteiger partial charge in [-0.05, 0) is 35.9 Å². The van der Waals surface area contributed by atoms with E-state index in [0.717, 1.165) is 28.0 Å². The van der Waals surface area contributed by atoms with Gasteiger partial charge in [-0.2, -0.15) is 0 Å². The van der Waals surface area contributed by atoms with Crippen LogP contribution in [0.4, 0.5) is 0 Å². The van der Waals surface area contributed by atoms with Gasteiger partial charge in [-0.1, -0.05) is 53.2 Å². The molecule has 0 spiro atoms. The Morgan fingerprint density at radius 1 is 1.04 bits per heavy atom. The predicted octanol–water partition coefficient (Wildman–Crippen LogP) is 4.70. The van der Waals surface area contributed by atoms with Gasteiger partial charge in [0, 0.05) is 16.2 Å². The monoisotopic (exact) mass is 353 g/mol. The SMILES string of the molecule is Cc1ccc(S(=O)O/N=C2\CSc3ccc4ccccc4c32)cc1. The lowest BCUT2D eigenvalue weighted by Gasteiger charge is -2.05. The fourth-order valence-corrected chi connectivity index (χ4v) is 4.36. The molecule has 0 saturated carbocycles. The van der Waals surface area contributed by atoms with Crippen LogP contribution in [0, 0.1) is 6.92 Å². The number of hydrogen-bond acceptors (Lipinski definition) is 4. The molecule has 0 N–H and O–H groups in total. The maximum absolute atomic E-state index is 12.3. The molecule has 0 bridgehead atoms. The highest BCUT2D eigenvalue weighted by atomic mass is 32.2. The van der Waals surface area contributed by atoms with E-state index in [9.17, 15) is 4.21 Å². The molecule has 3 aromatic rings. The van der Waals surface area contributed by atoms with Crippen molar-refractivity contribution in [2.75, 3.05) is 5.75 Å². The van der Waals surface area contributed by atoms with E-state index in [0.29, 0.717) is 4.90 Å². The molecule has 1 aliphatic rings. The van der Waals surface area contributed by atoms with Gasteiger partial charge in [0.05, 0.1) is 4.90 Å². The minimum absolute atomic E-state index is 0.619. The second-order valence-electron chi connectivity index (χ2n) is 5.61. The first-order chi connectivity index (χ1) is 11.7. The van der Waals surface area contributed by atoms with E-state index in [2.05, 4.69) is 29.4 Å². The molecule has 1 aliphatic heterocycles. The third kappa shape index (κ3) is 2.85. The molecule has 3 aromatic carbocycles. The van der Waals surface area contributed by atoms with E-state index in [1.807, 2.05) is 31.2 Å². The van der Waals surface area contributed by atoms with Crippen molar-refractivity contribution in [2.24, 2.45) is 5.16 Å².